The molecule has 1 saturated heterocycles. The number of hydrogen-bond donors (Lipinski definition) is 2. The zero-order valence-electron chi connectivity index (χ0n) is 11.5. The molecule has 0 aliphatic carbocycles. The van der Waals surface area contributed by atoms with E-state index in [4.69, 9.17) is 11.6 Å². The minimum atomic E-state index is -0.0222. The second-order valence-corrected chi connectivity index (χ2v) is 6.36. The van der Waals surface area contributed by atoms with Crippen LogP contribution in [-0.4, -0.2) is 43.5 Å². The number of carbonyl (C=O) groups excluding carboxylic acids is 1. The lowest BCUT2D eigenvalue weighted by Crippen LogP contribution is -2.46. The van der Waals surface area contributed by atoms with Gasteiger partial charge in [0.15, 0.2) is 0 Å². The van der Waals surface area contributed by atoms with Gasteiger partial charge >= 0.3 is 0 Å². The molecule has 2 rings (SSSR count). The molecular formula is C14H19BrClN3O. The second kappa shape index (κ2) is 7.41. The summed E-state index contributed by atoms with van der Waals surface area (Å²) in [7, 11) is 1.97. The van der Waals surface area contributed by atoms with Gasteiger partial charge in [-0.1, -0.05) is 27.5 Å². The molecule has 0 radical (unpaired) electrons. The number of anilines is 1. The molecule has 20 heavy (non-hydrogen) atoms. The number of likely N-dealkylation sites (N-methyl/N-ethyl adjacent to an activating group) is 1. The minimum Gasteiger partial charge on any atom is -0.324 e. The summed E-state index contributed by atoms with van der Waals surface area (Å²) in [5, 5.41) is 6.68. The third-order valence-corrected chi connectivity index (χ3v) is 4.29. The quantitative estimate of drug-likeness (QED) is 0.868. The van der Waals surface area contributed by atoms with Gasteiger partial charge in [-0.05, 0) is 44.6 Å². The number of benzene rings is 1. The number of amides is 1. The Morgan fingerprint density at radius 3 is 3.05 bits per heavy atom. The Morgan fingerprint density at radius 1 is 1.55 bits per heavy atom. The van der Waals surface area contributed by atoms with Crippen molar-refractivity contribution in [3.05, 3.63) is 27.7 Å². The maximum atomic E-state index is 12.1. The maximum absolute atomic E-state index is 12.1. The Kier molecular flexibility index (Phi) is 5.84. The molecule has 1 unspecified atom stereocenters. The average molecular weight is 361 g/mol. The Morgan fingerprint density at radius 2 is 2.35 bits per heavy atom. The Labute approximate surface area is 133 Å². The molecule has 4 nitrogen and oxygen atoms in total. The van der Waals surface area contributed by atoms with E-state index in [0.29, 0.717) is 23.3 Å². The number of hydrogen-bond acceptors (Lipinski definition) is 3. The summed E-state index contributed by atoms with van der Waals surface area (Å²) in [5.74, 6) is -0.0222. The van der Waals surface area contributed by atoms with Crippen molar-refractivity contribution >= 4 is 39.1 Å². The van der Waals surface area contributed by atoms with Gasteiger partial charge in [-0.15, -0.1) is 0 Å². The van der Waals surface area contributed by atoms with E-state index in [1.807, 2.05) is 13.1 Å². The predicted octanol–water partition coefficient (Wildman–Crippen LogP) is 2.72. The number of halogens is 2. The number of piperidine rings is 1. The molecule has 1 fully saturated rings. The number of nitrogens with zero attached hydrogens (tertiary/aromatic N) is 1. The second-order valence-electron chi connectivity index (χ2n) is 5.04. The van der Waals surface area contributed by atoms with Crippen LogP contribution in [0.5, 0.6) is 0 Å². The fourth-order valence-corrected chi connectivity index (χ4v) is 3.14. The van der Waals surface area contributed by atoms with E-state index in [1.165, 1.54) is 6.42 Å². The fraction of sp³-hybridized carbons (Fsp3) is 0.500. The fourth-order valence-electron chi connectivity index (χ4n) is 2.42. The molecule has 0 bridgehead atoms. The summed E-state index contributed by atoms with van der Waals surface area (Å²) in [6, 6.07) is 5.92. The largest absolute Gasteiger partial charge is 0.324 e. The third kappa shape index (κ3) is 4.45. The molecule has 6 heteroatoms. The van der Waals surface area contributed by atoms with Gasteiger partial charge in [0.05, 0.1) is 17.3 Å². The van der Waals surface area contributed by atoms with Gasteiger partial charge in [0, 0.05) is 17.1 Å². The van der Waals surface area contributed by atoms with Crippen LogP contribution >= 0.6 is 27.5 Å². The summed E-state index contributed by atoms with van der Waals surface area (Å²) >= 11 is 9.44. The summed E-state index contributed by atoms with van der Waals surface area (Å²) < 4.78 is 0.897. The minimum absolute atomic E-state index is 0.0222. The van der Waals surface area contributed by atoms with Crippen molar-refractivity contribution in [3.63, 3.8) is 0 Å². The van der Waals surface area contributed by atoms with Gasteiger partial charge in [-0.2, -0.15) is 0 Å². The Hall–Kier alpha value is -0.620. The molecular weight excluding hydrogens is 342 g/mol. The van der Waals surface area contributed by atoms with Crippen LogP contribution in [0, 0.1) is 0 Å². The average Bonchev–Trinajstić information content (AvgIpc) is 2.42. The molecule has 2 N–H and O–H groups in total. The van der Waals surface area contributed by atoms with Gasteiger partial charge in [0.2, 0.25) is 5.91 Å². The SMILES string of the molecule is CNC1CCCN(CC(=O)Nc2ccc(Br)cc2Cl)C1. The molecule has 1 aromatic rings. The van der Waals surface area contributed by atoms with Crippen LogP contribution in [0.3, 0.4) is 0 Å². The van der Waals surface area contributed by atoms with Crippen molar-refractivity contribution in [3.8, 4) is 0 Å². The first-order valence-corrected chi connectivity index (χ1v) is 7.90. The highest BCUT2D eigenvalue weighted by atomic mass is 79.9. The molecule has 1 heterocycles. The van der Waals surface area contributed by atoms with Crippen molar-refractivity contribution in [2.75, 3.05) is 32.0 Å². The van der Waals surface area contributed by atoms with Crippen molar-refractivity contribution in [2.24, 2.45) is 0 Å². The number of nitrogens with one attached hydrogen (secondary N) is 2. The first-order chi connectivity index (χ1) is 9.58. The molecule has 1 aromatic carbocycles. The molecule has 1 aliphatic rings. The lowest BCUT2D eigenvalue weighted by Gasteiger charge is -2.31. The van der Waals surface area contributed by atoms with Crippen LogP contribution in [0.1, 0.15) is 12.8 Å². The third-order valence-electron chi connectivity index (χ3n) is 3.49. The highest BCUT2D eigenvalue weighted by molar-refractivity contribution is 9.10. The van der Waals surface area contributed by atoms with Crippen LogP contribution in [0.25, 0.3) is 0 Å². The predicted molar refractivity (Wildman–Crippen MR) is 86.3 cm³/mol. The normalized spacial score (nSPS) is 19.9. The van der Waals surface area contributed by atoms with Gasteiger partial charge < -0.3 is 10.6 Å². The van der Waals surface area contributed by atoms with Crippen LogP contribution in [0.4, 0.5) is 5.69 Å². The summed E-state index contributed by atoms with van der Waals surface area (Å²) in [4.78, 5) is 14.2. The van der Waals surface area contributed by atoms with E-state index in [-0.39, 0.29) is 5.91 Å². The highest BCUT2D eigenvalue weighted by Crippen LogP contribution is 2.25. The molecule has 110 valence electrons. The Bertz CT molecular complexity index is 483. The van der Waals surface area contributed by atoms with E-state index in [2.05, 4.69) is 31.5 Å². The van der Waals surface area contributed by atoms with Gasteiger partial charge in [0.25, 0.3) is 0 Å². The lowest BCUT2D eigenvalue weighted by molar-refractivity contribution is -0.117. The topological polar surface area (TPSA) is 44.4 Å². The first-order valence-electron chi connectivity index (χ1n) is 6.73. The van der Waals surface area contributed by atoms with Crippen LogP contribution in [-0.2, 0) is 4.79 Å². The van der Waals surface area contributed by atoms with Gasteiger partial charge in [-0.25, -0.2) is 0 Å². The number of likely N-dealkylation sites (tertiary alicyclic amines) is 1. The monoisotopic (exact) mass is 359 g/mol. The van der Waals surface area contributed by atoms with Crippen molar-refractivity contribution in [1.82, 2.24) is 10.2 Å². The molecule has 1 aliphatic heterocycles. The molecule has 1 atom stereocenters. The van der Waals surface area contributed by atoms with E-state index in [0.717, 1.165) is 24.0 Å². The van der Waals surface area contributed by atoms with Crippen molar-refractivity contribution < 1.29 is 4.79 Å². The Balaban J connectivity index is 1.88. The lowest BCUT2D eigenvalue weighted by atomic mass is 10.1. The van der Waals surface area contributed by atoms with E-state index < -0.39 is 0 Å². The maximum Gasteiger partial charge on any atom is 0.238 e. The zero-order valence-corrected chi connectivity index (χ0v) is 13.8. The van der Waals surface area contributed by atoms with Crippen molar-refractivity contribution in [1.29, 1.82) is 0 Å². The van der Waals surface area contributed by atoms with E-state index >= 15 is 0 Å². The number of rotatable bonds is 4. The molecule has 0 spiro atoms. The van der Waals surface area contributed by atoms with E-state index in [1.54, 1.807) is 12.1 Å². The van der Waals surface area contributed by atoms with E-state index in [9.17, 15) is 4.79 Å². The van der Waals surface area contributed by atoms with Gasteiger partial charge in [-0.3, -0.25) is 9.69 Å². The smallest absolute Gasteiger partial charge is 0.238 e. The highest BCUT2D eigenvalue weighted by Gasteiger charge is 2.20. The molecule has 0 saturated carbocycles. The standard InChI is InChI=1S/C14H19BrClN3O/c1-17-11-3-2-6-19(8-11)9-14(20)18-13-5-4-10(15)7-12(13)16/h4-5,7,11,17H,2-3,6,8-9H2,1H3,(H,18,20). The molecule has 1 amide bonds. The molecule has 0 aromatic heterocycles. The summed E-state index contributed by atoms with van der Waals surface area (Å²) in [6.45, 7) is 2.29. The van der Waals surface area contributed by atoms with Crippen LogP contribution in [0.2, 0.25) is 5.02 Å². The number of carbonyl (C=O) groups is 1. The van der Waals surface area contributed by atoms with Crippen molar-refractivity contribution in [2.45, 2.75) is 18.9 Å². The van der Waals surface area contributed by atoms with Crippen LogP contribution < -0.4 is 10.6 Å². The first kappa shape index (κ1) is 15.8. The summed E-state index contributed by atoms with van der Waals surface area (Å²) in [6.07, 6.45) is 2.30. The summed E-state index contributed by atoms with van der Waals surface area (Å²) in [5.41, 5.74) is 0.655. The zero-order chi connectivity index (χ0) is 14.5. The van der Waals surface area contributed by atoms with Crippen LogP contribution in [0.15, 0.2) is 22.7 Å². The van der Waals surface area contributed by atoms with Gasteiger partial charge in [0.1, 0.15) is 0 Å².